The summed E-state index contributed by atoms with van der Waals surface area (Å²) in [6.45, 7) is 4.77. The van der Waals surface area contributed by atoms with E-state index in [-0.39, 0.29) is 28.9 Å². The van der Waals surface area contributed by atoms with Crippen LogP contribution in [0.1, 0.15) is 60.9 Å². The van der Waals surface area contributed by atoms with Gasteiger partial charge in [0.1, 0.15) is 11.4 Å². The molecule has 4 heterocycles. The smallest absolute Gasteiger partial charge is 0.478 e. The summed E-state index contributed by atoms with van der Waals surface area (Å²) in [7, 11) is 1.47. The molecular weight excluding hydrogens is 521 g/mol. The van der Waals surface area contributed by atoms with Gasteiger partial charge in [0.25, 0.3) is 18.2 Å². The van der Waals surface area contributed by atoms with Crippen LogP contribution in [0.3, 0.4) is 0 Å². The van der Waals surface area contributed by atoms with Crippen LogP contribution >= 0.6 is 0 Å². The zero-order valence-corrected chi connectivity index (χ0v) is 20.4. The number of rotatable bonds is 5. The van der Waals surface area contributed by atoms with Crippen LogP contribution in [0.2, 0.25) is 0 Å². The van der Waals surface area contributed by atoms with Crippen LogP contribution in [-0.4, -0.2) is 61.8 Å². The van der Waals surface area contributed by atoms with Crippen molar-refractivity contribution in [1.82, 2.24) is 19.4 Å². The van der Waals surface area contributed by atoms with E-state index in [4.69, 9.17) is 24.4 Å². The second kappa shape index (κ2) is 11.2. The highest BCUT2D eigenvalue weighted by Gasteiger charge is 2.38. The molecule has 3 aromatic rings. The number of carbonyl (C=O) groups excluding carboxylic acids is 1. The number of carboxylic acids is 1. The van der Waals surface area contributed by atoms with E-state index in [1.165, 1.54) is 25.3 Å². The lowest BCUT2D eigenvalue weighted by atomic mass is 9.86. The summed E-state index contributed by atoms with van der Waals surface area (Å²) in [4.78, 5) is 34.1. The first-order valence-electron chi connectivity index (χ1n) is 11.1. The number of ether oxygens (including phenoxy) is 2. The number of hydrogen-bond donors (Lipinski definition) is 2. The van der Waals surface area contributed by atoms with Crippen molar-refractivity contribution >= 4 is 23.3 Å². The van der Waals surface area contributed by atoms with Crippen molar-refractivity contribution in [2.45, 2.75) is 50.8 Å². The molecule has 1 aliphatic rings. The van der Waals surface area contributed by atoms with Gasteiger partial charge >= 0.3 is 12.1 Å². The summed E-state index contributed by atoms with van der Waals surface area (Å²) < 4.78 is 70.4. The molecule has 1 saturated heterocycles. The molecule has 206 valence electrons. The third kappa shape index (κ3) is 7.12. The number of amides is 1. The van der Waals surface area contributed by atoms with Crippen molar-refractivity contribution in [3.8, 4) is 5.88 Å². The van der Waals surface area contributed by atoms with E-state index in [0.717, 1.165) is 18.5 Å². The lowest BCUT2D eigenvalue weighted by molar-refractivity contribution is -0.192. The molecule has 0 aliphatic carbocycles. The summed E-state index contributed by atoms with van der Waals surface area (Å²) in [5.41, 5.74) is 0.602. The number of hydrogen-bond acceptors (Lipinski definition) is 7. The monoisotopic (exact) mass is 545 g/mol. The van der Waals surface area contributed by atoms with Crippen molar-refractivity contribution in [2.24, 2.45) is 0 Å². The number of nitrogens with zero attached hydrogens (tertiary/aromatic N) is 4. The Morgan fingerprint density at radius 2 is 1.89 bits per heavy atom. The zero-order valence-electron chi connectivity index (χ0n) is 20.4. The maximum Gasteiger partial charge on any atom is 0.490 e. The molecule has 0 bridgehead atoms. The fourth-order valence-electron chi connectivity index (χ4n) is 3.75. The van der Waals surface area contributed by atoms with E-state index in [1.54, 1.807) is 10.6 Å². The summed E-state index contributed by atoms with van der Waals surface area (Å²) in [5.74, 6) is -2.75. The summed E-state index contributed by atoms with van der Waals surface area (Å²) in [6.07, 6.45) is -2.66. The van der Waals surface area contributed by atoms with Crippen LogP contribution in [0.15, 0.2) is 30.6 Å². The molecule has 4 rings (SSSR count). The number of methoxy groups -OCH3 is 1. The number of aromatic nitrogens is 4. The van der Waals surface area contributed by atoms with Gasteiger partial charge in [-0.1, -0.05) is 6.07 Å². The quantitative estimate of drug-likeness (QED) is 0.445. The van der Waals surface area contributed by atoms with Crippen molar-refractivity contribution in [1.29, 1.82) is 0 Å². The van der Waals surface area contributed by atoms with Crippen molar-refractivity contribution < 1.29 is 46.1 Å². The largest absolute Gasteiger partial charge is 0.490 e. The highest BCUT2D eigenvalue weighted by molar-refractivity contribution is 6.02. The normalized spacial score (nSPS) is 17.0. The molecule has 1 aliphatic heterocycles. The zero-order chi connectivity index (χ0) is 28.3. The number of halogens is 5. The van der Waals surface area contributed by atoms with Gasteiger partial charge in [-0.05, 0) is 38.8 Å². The molecule has 0 radical (unpaired) electrons. The molecule has 0 spiro atoms. The van der Waals surface area contributed by atoms with Crippen LogP contribution < -0.4 is 10.1 Å². The predicted molar refractivity (Wildman–Crippen MR) is 122 cm³/mol. The summed E-state index contributed by atoms with van der Waals surface area (Å²) in [6, 6.07) is 3.89. The number of fused-ring (bicyclic) bond motifs is 1. The molecule has 3 aromatic heterocycles. The molecule has 0 aromatic carbocycles. The van der Waals surface area contributed by atoms with Gasteiger partial charge in [-0.25, -0.2) is 23.5 Å². The molecule has 15 heteroatoms. The Kier molecular flexibility index (Phi) is 8.49. The molecule has 1 fully saturated rings. The van der Waals surface area contributed by atoms with Gasteiger partial charge in [-0.2, -0.15) is 18.2 Å². The van der Waals surface area contributed by atoms with Crippen molar-refractivity contribution in [3.63, 3.8) is 0 Å². The van der Waals surface area contributed by atoms with E-state index in [1.807, 2.05) is 6.20 Å². The fourth-order valence-corrected chi connectivity index (χ4v) is 3.75. The Bertz CT molecular complexity index is 1310. The third-order valence-corrected chi connectivity index (χ3v) is 5.45. The number of nitrogens with one attached hydrogen (secondary N) is 1. The Morgan fingerprint density at radius 3 is 2.47 bits per heavy atom. The molecule has 10 nitrogen and oxygen atoms in total. The molecular formula is C23H24F5N5O5. The van der Waals surface area contributed by atoms with Crippen LogP contribution in [-0.2, 0) is 9.53 Å². The number of pyridine rings is 1. The van der Waals surface area contributed by atoms with E-state index >= 15 is 0 Å². The first kappa shape index (κ1) is 28.7. The standard InChI is InChI=1S/C21H23F2N5O3.C2HF3O2/c1-21(2)9-12(7-8-31-21)15-10-28-11-16(27-20(30-3)18(28)25-15)26-19(29)14-6-4-5-13(24-14)17(22)23;3-2(4,5)1(6)7/h4-6,10-12,17H,7-9H2,1-3H3,(H,26,29);(H,6,7). The first-order chi connectivity index (χ1) is 17.7. The van der Waals surface area contributed by atoms with Gasteiger partial charge in [0.05, 0.1) is 24.6 Å². The molecule has 2 N–H and O–H groups in total. The maximum absolute atomic E-state index is 12.9. The highest BCUT2D eigenvalue weighted by Crippen LogP contribution is 2.36. The topological polar surface area (TPSA) is 128 Å². The maximum atomic E-state index is 12.9. The molecule has 38 heavy (non-hydrogen) atoms. The second-order valence-electron chi connectivity index (χ2n) is 8.84. The van der Waals surface area contributed by atoms with E-state index < -0.39 is 30.2 Å². The summed E-state index contributed by atoms with van der Waals surface area (Å²) >= 11 is 0. The fraction of sp³-hybridized carbons (Fsp3) is 0.435. The van der Waals surface area contributed by atoms with Gasteiger partial charge < -0.3 is 19.9 Å². The predicted octanol–water partition coefficient (Wildman–Crippen LogP) is 4.63. The van der Waals surface area contributed by atoms with Crippen LogP contribution in [0.25, 0.3) is 5.65 Å². The Morgan fingerprint density at radius 1 is 1.21 bits per heavy atom. The molecule has 0 saturated carbocycles. The minimum absolute atomic E-state index is 0.130. The van der Waals surface area contributed by atoms with Crippen molar-refractivity contribution in [2.75, 3.05) is 19.0 Å². The molecule has 1 atom stereocenters. The number of aliphatic carboxylic acids is 1. The third-order valence-electron chi connectivity index (χ3n) is 5.45. The summed E-state index contributed by atoms with van der Waals surface area (Å²) in [5, 5.41) is 9.71. The van der Waals surface area contributed by atoms with Crippen LogP contribution in [0.5, 0.6) is 5.88 Å². The van der Waals surface area contributed by atoms with Gasteiger partial charge in [0.2, 0.25) is 5.65 Å². The van der Waals surface area contributed by atoms with Gasteiger partial charge in [-0.3, -0.25) is 9.20 Å². The second-order valence-corrected chi connectivity index (χ2v) is 8.84. The Labute approximate surface area is 212 Å². The average Bonchev–Trinajstić information content (AvgIpc) is 3.27. The number of imidazole rings is 1. The Balaban J connectivity index is 0.000000505. The van der Waals surface area contributed by atoms with E-state index in [0.29, 0.717) is 12.3 Å². The SMILES string of the molecule is COc1nc(NC(=O)c2cccc(C(F)F)n2)cn2cc(C3CCOC(C)(C)C3)nc12.O=C(O)C(F)(F)F. The number of carbonyl (C=O) groups is 2. The van der Waals surface area contributed by atoms with Gasteiger partial charge in [0.15, 0.2) is 5.82 Å². The minimum Gasteiger partial charge on any atom is -0.478 e. The molecule has 1 unspecified atom stereocenters. The van der Waals surface area contributed by atoms with Crippen LogP contribution in [0.4, 0.5) is 27.8 Å². The van der Waals surface area contributed by atoms with Gasteiger partial charge in [-0.15, -0.1) is 0 Å². The van der Waals surface area contributed by atoms with Crippen molar-refractivity contribution in [3.05, 3.63) is 47.7 Å². The van der Waals surface area contributed by atoms with Gasteiger partial charge in [0, 0.05) is 18.7 Å². The van der Waals surface area contributed by atoms with E-state index in [9.17, 15) is 26.7 Å². The Hall–Kier alpha value is -3.88. The lowest BCUT2D eigenvalue weighted by Crippen LogP contribution is -2.33. The number of carboxylic acid groups (broad SMARTS) is 1. The first-order valence-corrected chi connectivity index (χ1v) is 11.1. The number of anilines is 1. The molecule has 1 amide bonds. The number of alkyl halides is 5. The average molecular weight is 545 g/mol. The van der Waals surface area contributed by atoms with E-state index in [2.05, 4.69) is 29.1 Å². The minimum atomic E-state index is -5.08. The lowest BCUT2D eigenvalue weighted by Gasteiger charge is -2.34. The van der Waals surface area contributed by atoms with Crippen LogP contribution in [0, 0.1) is 0 Å². The highest BCUT2D eigenvalue weighted by atomic mass is 19.4.